The first-order valence-electron chi connectivity index (χ1n) is 12.8. The standard InChI is InChI=1S/C28H38O5/c1-26-13-10-20(33-25(31)18-6-4-3-5-7-18)16-19(26)8-9-22-21(26)11-14-27(2)23(24(30)17-29)12-15-28(22,27)32/h3-7,19-23,29,32H,8-17H2,1-2H3/t19-,20+,21+,22-,23-,26+,27-,28+/m1/s1. The Kier molecular flexibility index (Phi) is 5.72. The number of hydrogen-bond donors (Lipinski definition) is 2. The second-order valence-corrected chi connectivity index (χ2v) is 11.8. The molecule has 0 spiro atoms. The van der Waals surface area contributed by atoms with Crippen LogP contribution in [0.3, 0.4) is 0 Å². The van der Waals surface area contributed by atoms with Crippen LogP contribution in [0.15, 0.2) is 30.3 Å². The van der Waals surface area contributed by atoms with Gasteiger partial charge in [0, 0.05) is 11.3 Å². The molecule has 0 bridgehead atoms. The van der Waals surface area contributed by atoms with E-state index in [1.807, 2.05) is 18.2 Å². The molecule has 0 amide bonds. The van der Waals surface area contributed by atoms with E-state index in [9.17, 15) is 19.8 Å². The number of benzene rings is 1. The molecule has 4 saturated carbocycles. The highest BCUT2D eigenvalue weighted by atomic mass is 16.5. The lowest BCUT2D eigenvalue weighted by Crippen LogP contribution is -2.62. The molecule has 0 unspecified atom stereocenters. The van der Waals surface area contributed by atoms with Crippen LogP contribution in [0, 0.1) is 34.5 Å². The summed E-state index contributed by atoms with van der Waals surface area (Å²) in [5.41, 5.74) is -0.513. The summed E-state index contributed by atoms with van der Waals surface area (Å²) in [6.07, 6.45) is 7.97. The molecule has 0 radical (unpaired) electrons. The molecule has 8 atom stereocenters. The van der Waals surface area contributed by atoms with Gasteiger partial charge in [0.1, 0.15) is 12.7 Å². The molecule has 1 aromatic rings. The van der Waals surface area contributed by atoms with Gasteiger partial charge in [0.2, 0.25) is 0 Å². The van der Waals surface area contributed by atoms with Crippen molar-refractivity contribution >= 4 is 11.8 Å². The Labute approximate surface area is 196 Å². The summed E-state index contributed by atoms with van der Waals surface area (Å²) in [4.78, 5) is 25.1. The van der Waals surface area contributed by atoms with Gasteiger partial charge in [0.15, 0.2) is 5.78 Å². The molecule has 0 saturated heterocycles. The maximum Gasteiger partial charge on any atom is 0.338 e. The maximum absolute atomic E-state index is 12.6. The summed E-state index contributed by atoms with van der Waals surface area (Å²) in [5.74, 6) is 0.566. The molecule has 0 aliphatic heterocycles. The predicted molar refractivity (Wildman–Crippen MR) is 124 cm³/mol. The topological polar surface area (TPSA) is 83.8 Å². The van der Waals surface area contributed by atoms with Crippen molar-refractivity contribution in [2.45, 2.75) is 83.3 Å². The lowest BCUT2D eigenvalue weighted by Gasteiger charge is -2.63. The van der Waals surface area contributed by atoms with Crippen LogP contribution in [-0.2, 0) is 9.53 Å². The minimum absolute atomic E-state index is 0.0395. The Morgan fingerprint density at radius 3 is 2.45 bits per heavy atom. The molecule has 4 fully saturated rings. The fraction of sp³-hybridized carbons (Fsp3) is 0.714. The van der Waals surface area contributed by atoms with E-state index in [1.54, 1.807) is 12.1 Å². The van der Waals surface area contributed by atoms with Gasteiger partial charge >= 0.3 is 5.97 Å². The molecule has 2 N–H and O–H groups in total. The molecule has 33 heavy (non-hydrogen) atoms. The third-order valence-electron chi connectivity index (χ3n) is 10.6. The van der Waals surface area contributed by atoms with E-state index in [1.165, 1.54) is 0 Å². The van der Waals surface area contributed by atoms with E-state index < -0.39 is 17.6 Å². The predicted octanol–water partition coefficient (Wildman–Crippen LogP) is 4.55. The molecule has 5 nitrogen and oxygen atoms in total. The number of Topliss-reactive ketones (excluding diaryl/α,β-unsaturated/α-hetero) is 1. The van der Waals surface area contributed by atoms with E-state index in [0.29, 0.717) is 30.2 Å². The number of ether oxygens (including phenoxy) is 1. The summed E-state index contributed by atoms with van der Waals surface area (Å²) >= 11 is 0. The minimum atomic E-state index is -0.823. The molecule has 5 rings (SSSR count). The van der Waals surface area contributed by atoms with Gasteiger partial charge in [-0.2, -0.15) is 0 Å². The van der Waals surface area contributed by atoms with Gasteiger partial charge < -0.3 is 14.9 Å². The number of hydrogen-bond acceptors (Lipinski definition) is 5. The van der Waals surface area contributed by atoms with E-state index in [0.717, 1.165) is 44.9 Å². The van der Waals surface area contributed by atoms with Crippen molar-refractivity contribution in [3.8, 4) is 0 Å². The van der Waals surface area contributed by atoms with Crippen LogP contribution in [0.1, 0.15) is 82.0 Å². The third kappa shape index (κ3) is 3.41. The zero-order valence-corrected chi connectivity index (χ0v) is 20.0. The van der Waals surface area contributed by atoms with Gasteiger partial charge in [0.05, 0.1) is 11.2 Å². The highest BCUT2D eigenvalue weighted by Crippen LogP contribution is 2.69. The van der Waals surface area contributed by atoms with Crippen molar-refractivity contribution in [3.05, 3.63) is 35.9 Å². The number of ketones is 1. The van der Waals surface area contributed by atoms with Crippen molar-refractivity contribution < 1.29 is 24.5 Å². The first kappa shape index (κ1) is 23.0. The average molecular weight is 455 g/mol. The summed E-state index contributed by atoms with van der Waals surface area (Å²) in [5, 5.41) is 21.6. The Bertz CT molecular complexity index is 914. The van der Waals surface area contributed by atoms with Gasteiger partial charge in [-0.15, -0.1) is 0 Å². The Balaban J connectivity index is 1.31. The molecule has 1 aromatic carbocycles. The molecular weight excluding hydrogens is 416 g/mol. The van der Waals surface area contributed by atoms with Gasteiger partial charge in [0.25, 0.3) is 0 Å². The summed E-state index contributed by atoms with van der Waals surface area (Å²) in [6, 6.07) is 9.22. The van der Waals surface area contributed by atoms with Crippen LogP contribution in [0.2, 0.25) is 0 Å². The number of fused-ring (bicyclic) bond motifs is 5. The van der Waals surface area contributed by atoms with Crippen molar-refractivity contribution in [1.29, 1.82) is 0 Å². The largest absolute Gasteiger partial charge is 0.459 e. The number of carbonyl (C=O) groups excluding carboxylic acids is 2. The van der Waals surface area contributed by atoms with Crippen LogP contribution in [0.4, 0.5) is 0 Å². The highest BCUT2D eigenvalue weighted by molar-refractivity contribution is 5.89. The van der Waals surface area contributed by atoms with Crippen LogP contribution in [0.5, 0.6) is 0 Å². The molecule has 4 aliphatic carbocycles. The number of aliphatic hydroxyl groups excluding tert-OH is 1. The fourth-order valence-corrected chi connectivity index (χ4v) is 8.71. The highest BCUT2D eigenvalue weighted by Gasteiger charge is 2.68. The zero-order chi connectivity index (χ0) is 23.4. The summed E-state index contributed by atoms with van der Waals surface area (Å²) < 4.78 is 5.92. The van der Waals surface area contributed by atoms with E-state index in [2.05, 4.69) is 13.8 Å². The van der Waals surface area contributed by atoms with Gasteiger partial charge in [-0.3, -0.25) is 4.79 Å². The smallest absolute Gasteiger partial charge is 0.338 e. The lowest BCUT2D eigenvalue weighted by atomic mass is 9.43. The maximum atomic E-state index is 12.6. The Morgan fingerprint density at radius 2 is 1.73 bits per heavy atom. The number of rotatable bonds is 4. The molecule has 5 heteroatoms. The van der Waals surface area contributed by atoms with Crippen molar-refractivity contribution in [3.63, 3.8) is 0 Å². The van der Waals surface area contributed by atoms with Crippen LogP contribution < -0.4 is 0 Å². The quantitative estimate of drug-likeness (QED) is 0.652. The summed E-state index contributed by atoms with van der Waals surface area (Å²) in [7, 11) is 0. The molecule has 0 aromatic heterocycles. The number of carbonyl (C=O) groups is 2. The third-order valence-corrected chi connectivity index (χ3v) is 10.6. The van der Waals surface area contributed by atoms with E-state index in [4.69, 9.17) is 4.74 Å². The number of esters is 1. The van der Waals surface area contributed by atoms with E-state index in [-0.39, 0.29) is 35.1 Å². The van der Waals surface area contributed by atoms with E-state index >= 15 is 0 Å². The van der Waals surface area contributed by atoms with Crippen molar-refractivity contribution in [2.24, 2.45) is 34.5 Å². The van der Waals surface area contributed by atoms with Crippen molar-refractivity contribution in [2.75, 3.05) is 6.61 Å². The normalized spacial score (nSPS) is 44.3. The average Bonchev–Trinajstić information content (AvgIpc) is 3.10. The molecule has 0 heterocycles. The Hall–Kier alpha value is -1.72. The van der Waals surface area contributed by atoms with Gasteiger partial charge in [-0.1, -0.05) is 32.0 Å². The Morgan fingerprint density at radius 1 is 0.970 bits per heavy atom. The van der Waals surface area contributed by atoms with Gasteiger partial charge in [-0.25, -0.2) is 4.79 Å². The van der Waals surface area contributed by atoms with Gasteiger partial charge in [-0.05, 0) is 93.1 Å². The fourth-order valence-electron chi connectivity index (χ4n) is 8.71. The van der Waals surface area contributed by atoms with Crippen molar-refractivity contribution in [1.82, 2.24) is 0 Å². The van der Waals surface area contributed by atoms with Crippen LogP contribution in [0.25, 0.3) is 0 Å². The summed E-state index contributed by atoms with van der Waals surface area (Å²) in [6.45, 7) is 4.08. The van der Waals surface area contributed by atoms with Crippen LogP contribution in [-0.4, -0.2) is 40.3 Å². The SMILES string of the molecule is C[C@]12CC[C@H](OC(=O)c3ccccc3)C[C@H]1CC[C@@H]1[C@@H]2CC[C@]2(C)[C@@H](C(=O)CO)CC[C@]12O. The first-order chi connectivity index (χ1) is 15.7. The second-order valence-electron chi connectivity index (χ2n) is 11.8. The lowest BCUT2D eigenvalue weighted by molar-refractivity contribution is -0.210. The monoisotopic (exact) mass is 454 g/mol. The number of aliphatic hydroxyl groups is 2. The molecular formula is C28H38O5. The second kappa shape index (κ2) is 8.20. The van der Waals surface area contributed by atoms with Crippen LogP contribution >= 0.6 is 0 Å². The zero-order valence-electron chi connectivity index (χ0n) is 20.0. The molecule has 180 valence electrons. The molecule has 4 aliphatic rings. The minimum Gasteiger partial charge on any atom is -0.459 e. The first-order valence-corrected chi connectivity index (χ1v) is 12.8.